The number of rotatable bonds is 1. The van der Waals surface area contributed by atoms with Crippen LogP contribution >= 0.6 is 0 Å². The summed E-state index contributed by atoms with van der Waals surface area (Å²) in [6.07, 6.45) is 2.83. The van der Waals surface area contributed by atoms with E-state index in [0.717, 1.165) is 0 Å². The first-order valence-electron chi connectivity index (χ1n) is 4.00. The molecule has 1 aliphatic heterocycles. The van der Waals surface area contributed by atoms with Gasteiger partial charge in [-0.05, 0) is 4.92 Å². The fourth-order valence-electron chi connectivity index (χ4n) is 0.754. The zero-order valence-electron chi connectivity index (χ0n) is 8.52. The van der Waals surface area contributed by atoms with Gasteiger partial charge in [0.25, 0.3) is 0 Å². The Kier molecular flexibility index (Phi) is 3.84. The van der Waals surface area contributed by atoms with E-state index in [0.29, 0.717) is 0 Å². The topological polar surface area (TPSA) is 200 Å². The summed E-state index contributed by atoms with van der Waals surface area (Å²) in [5, 5.41) is 29.1. The Morgan fingerprint density at radius 3 is 2.06 bits per heavy atom. The van der Waals surface area contributed by atoms with Crippen molar-refractivity contribution in [3.63, 3.8) is 0 Å². The maximum absolute atomic E-state index is 10.1. The second-order valence-electron chi connectivity index (χ2n) is 2.55. The first kappa shape index (κ1) is 13.0. The molecule has 0 aromatic carbocycles. The molecule has 0 saturated carbocycles. The number of nitrogens with one attached hydrogen (secondary N) is 1. The van der Waals surface area contributed by atoms with E-state index in [1.54, 1.807) is 0 Å². The highest BCUT2D eigenvalue weighted by atomic mass is 16.7. The highest BCUT2D eigenvalue weighted by Gasteiger charge is 2.46. The molecule has 18 heavy (non-hydrogen) atoms. The molecule has 2 heterocycles. The van der Waals surface area contributed by atoms with Gasteiger partial charge in [-0.2, -0.15) is 0 Å². The lowest BCUT2D eigenvalue weighted by Crippen LogP contribution is -2.54. The van der Waals surface area contributed by atoms with Gasteiger partial charge in [-0.25, -0.2) is 20.6 Å². The van der Waals surface area contributed by atoms with Crippen LogP contribution in [0.3, 0.4) is 0 Å². The molecule has 15 heteroatoms. The minimum Gasteiger partial charge on any atom is -0.390 e. The van der Waals surface area contributed by atoms with Crippen molar-refractivity contribution in [1.29, 1.82) is 0 Å². The zero-order chi connectivity index (χ0) is 13.7. The maximum Gasteiger partial charge on any atom is 0.537 e. The third-order valence-corrected chi connectivity index (χ3v) is 1.39. The molecule has 0 unspecified atom stereocenters. The molecule has 0 spiro atoms. The van der Waals surface area contributed by atoms with E-state index in [-0.39, 0.29) is 10.3 Å². The summed E-state index contributed by atoms with van der Waals surface area (Å²) in [6, 6.07) is 0. The lowest BCUT2D eigenvalue weighted by atomic mass is 11.0. The molecule has 5 N–H and O–H groups in total. The normalized spacial score (nSPS) is 14.3. The number of nitrogens with two attached hydrogens (primary N) is 2. The van der Waals surface area contributed by atoms with Crippen molar-refractivity contribution in [3.05, 3.63) is 32.9 Å². The standard InChI is InChI=1S/C2H4N4.CH3N7O4/c3-6-1-4-5-2-6;2-7-4-3-1(6(9)10)5(7)8(11)12/h1-2H,3H2;4H,2H2. The Hall–Kier alpha value is -3.07. The summed E-state index contributed by atoms with van der Waals surface area (Å²) in [5.74, 6) is 8.97. The van der Waals surface area contributed by atoms with E-state index in [1.807, 2.05) is 5.53 Å². The molecule has 0 aliphatic carbocycles. The van der Waals surface area contributed by atoms with E-state index >= 15 is 0 Å². The zero-order valence-corrected chi connectivity index (χ0v) is 8.52. The molecular formula is C3H7N11O4. The highest BCUT2D eigenvalue weighted by Crippen LogP contribution is 1.99. The predicted octanol–water partition coefficient (Wildman–Crippen LogP) is -3.37. The smallest absolute Gasteiger partial charge is 0.390 e. The van der Waals surface area contributed by atoms with Crippen LogP contribution in [0.5, 0.6) is 0 Å². The molecule has 98 valence electrons. The van der Waals surface area contributed by atoms with Crippen LogP contribution in [0, 0.1) is 20.2 Å². The number of nitrogen functional groups attached to an aromatic ring is 1. The van der Waals surface area contributed by atoms with Crippen molar-refractivity contribution >= 4 is 5.96 Å². The first-order chi connectivity index (χ1) is 8.43. The van der Waals surface area contributed by atoms with Crippen molar-refractivity contribution in [2.75, 3.05) is 5.84 Å². The van der Waals surface area contributed by atoms with Gasteiger partial charge in [-0.3, -0.25) is 0 Å². The molecule has 15 nitrogen and oxygen atoms in total. The van der Waals surface area contributed by atoms with Gasteiger partial charge in [0.1, 0.15) is 12.7 Å². The molecule has 0 radical (unpaired) electrons. The van der Waals surface area contributed by atoms with Gasteiger partial charge < -0.3 is 16.0 Å². The second-order valence-corrected chi connectivity index (χ2v) is 2.55. The van der Waals surface area contributed by atoms with Crippen molar-refractivity contribution in [2.45, 2.75) is 0 Å². The van der Waals surface area contributed by atoms with Crippen molar-refractivity contribution in [1.82, 2.24) is 30.8 Å². The Morgan fingerprint density at radius 2 is 1.78 bits per heavy atom. The molecule has 1 aromatic heterocycles. The van der Waals surface area contributed by atoms with Gasteiger partial charge in [-0.15, -0.1) is 15.7 Å². The average Bonchev–Trinajstić information content (AvgIpc) is 2.87. The predicted molar refractivity (Wildman–Crippen MR) is 52.6 cm³/mol. The lowest BCUT2D eigenvalue weighted by Gasteiger charge is -2.05. The Balaban J connectivity index is 0.000000225. The summed E-state index contributed by atoms with van der Waals surface area (Å²) in [6.45, 7) is 0. The van der Waals surface area contributed by atoms with Gasteiger partial charge >= 0.3 is 5.96 Å². The summed E-state index contributed by atoms with van der Waals surface area (Å²) in [7, 11) is 0. The van der Waals surface area contributed by atoms with Crippen LogP contribution in [-0.4, -0.2) is 41.1 Å². The molecule has 0 saturated heterocycles. The molecular weight excluding hydrogens is 254 g/mol. The minimum atomic E-state index is -1.08. The third kappa shape index (κ3) is 2.96. The molecule has 0 fully saturated rings. The van der Waals surface area contributed by atoms with Crippen LogP contribution in [0.1, 0.15) is 0 Å². The van der Waals surface area contributed by atoms with Crippen LogP contribution in [0.2, 0.25) is 0 Å². The molecule has 0 bridgehead atoms. The van der Waals surface area contributed by atoms with Gasteiger partial charge in [0, 0.05) is 5.10 Å². The summed E-state index contributed by atoms with van der Waals surface area (Å²) >= 11 is 0. The van der Waals surface area contributed by atoms with Crippen LogP contribution < -0.4 is 17.2 Å². The van der Waals surface area contributed by atoms with E-state index in [9.17, 15) is 20.2 Å². The fraction of sp³-hybridized carbons (Fsp3) is 0. The molecule has 1 aromatic rings. The monoisotopic (exact) mass is 261 g/mol. The lowest BCUT2D eigenvalue weighted by molar-refractivity contribution is -0.687. The fourth-order valence-corrected chi connectivity index (χ4v) is 0.754. The highest BCUT2D eigenvalue weighted by molar-refractivity contribution is 5.70. The van der Waals surface area contributed by atoms with E-state index in [4.69, 9.17) is 11.7 Å². The van der Waals surface area contributed by atoms with Crippen LogP contribution in [0.25, 0.3) is 0 Å². The quantitative estimate of drug-likeness (QED) is 0.258. The number of nitro groups is 2. The largest absolute Gasteiger partial charge is 0.537 e. The Bertz CT molecular complexity index is 453. The summed E-state index contributed by atoms with van der Waals surface area (Å²) < 4.78 is 1.28. The van der Waals surface area contributed by atoms with Crippen molar-refractivity contribution in [2.24, 2.45) is 10.9 Å². The number of guanidine groups is 1. The Labute approximate surface area is 97.4 Å². The maximum atomic E-state index is 10.1. The summed E-state index contributed by atoms with van der Waals surface area (Å²) in [4.78, 5) is 19.1. The van der Waals surface area contributed by atoms with Gasteiger partial charge in [-0.1, -0.05) is 0 Å². The van der Waals surface area contributed by atoms with Crippen molar-refractivity contribution < 1.29 is 9.96 Å². The second kappa shape index (κ2) is 5.32. The number of aromatic nitrogens is 3. The van der Waals surface area contributed by atoms with Crippen molar-refractivity contribution in [3.8, 4) is 0 Å². The van der Waals surface area contributed by atoms with Crippen LogP contribution in [0.15, 0.2) is 17.8 Å². The molecule has 0 amide bonds. The average molecular weight is 261 g/mol. The Morgan fingerprint density at radius 1 is 1.22 bits per heavy atom. The van der Waals surface area contributed by atoms with E-state index in [1.165, 1.54) is 17.3 Å². The van der Waals surface area contributed by atoms with Crippen LogP contribution in [0.4, 0.5) is 0 Å². The molecule has 0 atom stereocenters. The third-order valence-electron chi connectivity index (χ3n) is 1.39. The number of hydrogen-bond donors (Lipinski definition) is 3. The number of hydrazone groups is 1. The first-order valence-corrected chi connectivity index (χ1v) is 4.00. The van der Waals surface area contributed by atoms with Crippen LogP contribution in [-0.2, 0) is 0 Å². The SMILES string of the molecule is NN1NN=C([N+](=O)[O-])N1[N+](=O)[O-].Nn1cnnc1. The van der Waals surface area contributed by atoms with Gasteiger partial charge in [0.05, 0.1) is 5.23 Å². The number of nitrogens with zero attached hydrogens (tertiary/aromatic N) is 8. The minimum absolute atomic E-state index is 0.0417. The summed E-state index contributed by atoms with van der Waals surface area (Å²) in [5.41, 5.74) is 1.82. The van der Waals surface area contributed by atoms with Gasteiger partial charge in [0.2, 0.25) is 5.03 Å². The van der Waals surface area contributed by atoms with E-state index in [2.05, 4.69) is 15.3 Å². The molecule has 2 rings (SSSR count). The van der Waals surface area contributed by atoms with Gasteiger partial charge in [0.15, 0.2) is 5.12 Å². The number of hydrogen-bond acceptors (Lipinski definition) is 11. The van der Waals surface area contributed by atoms with E-state index < -0.39 is 15.9 Å². The number of hydrazine groups is 4. The molecule has 1 aliphatic rings.